The van der Waals surface area contributed by atoms with Gasteiger partial charge in [0.15, 0.2) is 9.84 Å². The molecule has 2 aliphatic rings. The molecule has 1 aromatic carbocycles. The van der Waals surface area contributed by atoms with Crippen LogP contribution in [0.5, 0.6) is 0 Å². The van der Waals surface area contributed by atoms with Crippen molar-refractivity contribution in [2.75, 3.05) is 24.3 Å². The van der Waals surface area contributed by atoms with Crippen molar-refractivity contribution in [2.45, 2.75) is 49.5 Å². The van der Waals surface area contributed by atoms with Crippen LogP contribution in [-0.2, 0) is 25.8 Å². The molecule has 1 saturated heterocycles. The third-order valence-corrected chi connectivity index (χ3v) is 5.71. The van der Waals surface area contributed by atoms with Crippen molar-refractivity contribution in [2.24, 2.45) is 0 Å². The van der Waals surface area contributed by atoms with Gasteiger partial charge in [-0.05, 0) is 55.9 Å². The van der Waals surface area contributed by atoms with Gasteiger partial charge in [-0.1, -0.05) is 0 Å². The molecule has 2 aliphatic heterocycles. The topological polar surface area (TPSA) is 63.7 Å². The SMILES string of the molecule is CS(=O)(=O)c1ccc2c(c1)CCCN2C(=O)CCC1CCCO1. The number of fused-ring (bicyclic) bond motifs is 1. The molecule has 0 N–H and O–H groups in total. The fraction of sp³-hybridized carbons (Fsp3) is 0.588. The van der Waals surface area contributed by atoms with Crippen molar-refractivity contribution in [3.8, 4) is 0 Å². The van der Waals surface area contributed by atoms with E-state index in [-0.39, 0.29) is 12.0 Å². The molecule has 0 spiro atoms. The smallest absolute Gasteiger partial charge is 0.227 e. The lowest BCUT2D eigenvalue weighted by molar-refractivity contribution is -0.119. The Bertz CT molecular complexity index is 693. The van der Waals surface area contributed by atoms with Gasteiger partial charge in [0.2, 0.25) is 5.91 Å². The van der Waals surface area contributed by atoms with E-state index in [1.807, 2.05) is 0 Å². The summed E-state index contributed by atoms with van der Waals surface area (Å²) in [7, 11) is -3.22. The Morgan fingerprint density at radius 1 is 1.35 bits per heavy atom. The lowest BCUT2D eigenvalue weighted by Gasteiger charge is -2.30. The number of carbonyl (C=O) groups is 1. The largest absolute Gasteiger partial charge is 0.378 e. The highest BCUT2D eigenvalue weighted by Gasteiger charge is 2.25. The molecule has 1 amide bonds. The van der Waals surface area contributed by atoms with Gasteiger partial charge in [0.1, 0.15) is 0 Å². The van der Waals surface area contributed by atoms with Crippen LogP contribution in [0.2, 0.25) is 0 Å². The van der Waals surface area contributed by atoms with E-state index >= 15 is 0 Å². The number of rotatable bonds is 4. The second kappa shape index (κ2) is 6.61. The van der Waals surface area contributed by atoms with Crippen LogP contribution in [-0.4, -0.2) is 39.8 Å². The second-order valence-electron chi connectivity index (χ2n) is 6.39. The van der Waals surface area contributed by atoms with Crippen LogP contribution in [0.3, 0.4) is 0 Å². The first-order valence-corrected chi connectivity index (χ1v) is 10.1. The number of ether oxygens (including phenoxy) is 1. The minimum Gasteiger partial charge on any atom is -0.378 e. The molecule has 3 rings (SSSR count). The molecule has 126 valence electrons. The van der Waals surface area contributed by atoms with E-state index < -0.39 is 9.84 Å². The highest BCUT2D eigenvalue weighted by Crippen LogP contribution is 2.30. The minimum atomic E-state index is -3.22. The Balaban J connectivity index is 1.74. The molecule has 1 unspecified atom stereocenters. The predicted octanol–water partition coefficient (Wildman–Crippen LogP) is 2.33. The van der Waals surface area contributed by atoms with Gasteiger partial charge in [0.25, 0.3) is 0 Å². The van der Waals surface area contributed by atoms with Crippen molar-refractivity contribution in [3.05, 3.63) is 23.8 Å². The number of amides is 1. The number of anilines is 1. The summed E-state index contributed by atoms with van der Waals surface area (Å²) >= 11 is 0. The lowest BCUT2D eigenvalue weighted by Crippen LogP contribution is -2.35. The summed E-state index contributed by atoms with van der Waals surface area (Å²) in [5.41, 5.74) is 1.81. The molecule has 0 saturated carbocycles. The van der Waals surface area contributed by atoms with E-state index in [1.165, 1.54) is 6.26 Å². The van der Waals surface area contributed by atoms with E-state index in [2.05, 4.69) is 0 Å². The molecule has 0 aliphatic carbocycles. The van der Waals surface area contributed by atoms with Gasteiger partial charge in [-0.3, -0.25) is 4.79 Å². The second-order valence-corrected chi connectivity index (χ2v) is 8.40. The molecule has 1 fully saturated rings. The Labute approximate surface area is 137 Å². The van der Waals surface area contributed by atoms with E-state index in [4.69, 9.17) is 4.74 Å². The molecular formula is C17H23NO4S. The summed E-state index contributed by atoms with van der Waals surface area (Å²) in [5.74, 6) is 0.105. The van der Waals surface area contributed by atoms with Crippen molar-refractivity contribution in [1.82, 2.24) is 0 Å². The van der Waals surface area contributed by atoms with E-state index in [1.54, 1.807) is 23.1 Å². The maximum absolute atomic E-state index is 12.6. The molecule has 0 aromatic heterocycles. The summed E-state index contributed by atoms with van der Waals surface area (Å²) in [6.45, 7) is 1.51. The zero-order valence-electron chi connectivity index (χ0n) is 13.5. The fourth-order valence-corrected chi connectivity index (χ4v) is 4.03. The van der Waals surface area contributed by atoms with Crippen LogP contribution in [0.25, 0.3) is 0 Å². The van der Waals surface area contributed by atoms with Crippen molar-refractivity contribution < 1.29 is 17.9 Å². The van der Waals surface area contributed by atoms with E-state index in [0.717, 1.165) is 50.0 Å². The van der Waals surface area contributed by atoms with Gasteiger partial charge >= 0.3 is 0 Å². The zero-order chi connectivity index (χ0) is 16.4. The van der Waals surface area contributed by atoms with Crippen molar-refractivity contribution >= 4 is 21.4 Å². The molecule has 0 bridgehead atoms. The van der Waals surface area contributed by atoms with Crippen LogP contribution in [0.1, 0.15) is 37.7 Å². The summed E-state index contributed by atoms with van der Waals surface area (Å²) in [6, 6.07) is 5.08. The Morgan fingerprint density at radius 3 is 2.87 bits per heavy atom. The molecule has 0 radical (unpaired) electrons. The average Bonchev–Trinajstić information content (AvgIpc) is 3.04. The summed E-state index contributed by atoms with van der Waals surface area (Å²) < 4.78 is 29.0. The van der Waals surface area contributed by atoms with Gasteiger partial charge in [-0.2, -0.15) is 0 Å². The number of carbonyl (C=O) groups excluding carboxylic acids is 1. The number of hydrogen-bond acceptors (Lipinski definition) is 4. The predicted molar refractivity (Wildman–Crippen MR) is 88.4 cm³/mol. The quantitative estimate of drug-likeness (QED) is 0.846. The first-order valence-electron chi connectivity index (χ1n) is 8.20. The molecule has 5 nitrogen and oxygen atoms in total. The number of aryl methyl sites for hydroxylation is 1. The maximum Gasteiger partial charge on any atom is 0.227 e. The molecule has 1 atom stereocenters. The van der Waals surface area contributed by atoms with Gasteiger partial charge < -0.3 is 9.64 Å². The monoisotopic (exact) mass is 337 g/mol. The van der Waals surface area contributed by atoms with E-state index in [9.17, 15) is 13.2 Å². The third-order valence-electron chi connectivity index (χ3n) is 4.60. The first-order chi connectivity index (χ1) is 10.9. The molecule has 1 aromatic rings. The highest BCUT2D eigenvalue weighted by atomic mass is 32.2. The minimum absolute atomic E-state index is 0.105. The highest BCUT2D eigenvalue weighted by molar-refractivity contribution is 7.90. The van der Waals surface area contributed by atoms with Gasteiger partial charge in [-0.15, -0.1) is 0 Å². The van der Waals surface area contributed by atoms with Crippen molar-refractivity contribution in [3.63, 3.8) is 0 Å². The summed E-state index contributed by atoms with van der Waals surface area (Å²) in [5, 5.41) is 0. The molecular weight excluding hydrogens is 314 g/mol. The Kier molecular flexibility index (Phi) is 4.73. The molecule has 23 heavy (non-hydrogen) atoms. The van der Waals surface area contributed by atoms with Crippen LogP contribution in [0.4, 0.5) is 5.69 Å². The molecule has 2 heterocycles. The normalized spacial score (nSPS) is 21.3. The van der Waals surface area contributed by atoms with Crippen LogP contribution < -0.4 is 4.90 Å². The standard InChI is InChI=1S/C17H23NO4S/c1-23(20,21)15-7-8-16-13(12-15)4-2-10-18(16)17(19)9-6-14-5-3-11-22-14/h7-8,12,14H,2-6,9-11H2,1H3. The number of sulfone groups is 1. The van der Waals surface area contributed by atoms with Gasteiger partial charge in [0.05, 0.1) is 11.0 Å². The van der Waals surface area contributed by atoms with Crippen LogP contribution in [0, 0.1) is 0 Å². The Morgan fingerprint density at radius 2 is 2.17 bits per heavy atom. The van der Waals surface area contributed by atoms with Gasteiger partial charge in [0, 0.05) is 31.5 Å². The van der Waals surface area contributed by atoms with Crippen molar-refractivity contribution in [1.29, 1.82) is 0 Å². The maximum atomic E-state index is 12.6. The summed E-state index contributed by atoms with van der Waals surface area (Å²) in [4.78, 5) is 14.7. The lowest BCUT2D eigenvalue weighted by atomic mass is 10.0. The summed E-state index contributed by atoms with van der Waals surface area (Å²) in [6.07, 6.45) is 6.49. The zero-order valence-corrected chi connectivity index (χ0v) is 14.3. The van der Waals surface area contributed by atoms with Gasteiger partial charge in [-0.25, -0.2) is 8.42 Å². The average molecular weight is 337 g/mol. The van der Waals surface area contributed by atoms with Crippen LogP contribution in [0.15, 0.2) is 23.1 Å². The first kappa shape index (κ1) is 16.5. The molecule has 6 heteroatoms. The number of hydrogen-bond donors (Lipinski definition) is 0. The number of benzene rings is 1. The van der Waals surface area contributed by atoms with E-state index in [0.29, 0.717) is 17.9 Å². The third kappa shape index (κ3) is 3.75. The number of nitrogens with zero attached hydrogens (tertiary/aromatic N) is 1. The van der Waals surface area contributed by atoms with Crippen LogP contribution >= 0.6 is 0 Å². The fourth-order valence-electron chi connectivity index (χ4n) is 3.35. The Hall–Kier alpha value is -1.40.